The Morgan fingerprint density at radius 3 is 2.39 bits per heavy atom. The van der Waals surface area contributed by atoms with Crippen LogP contribution in [-0.2, 0) is 25.8 Å². The first-order chi connectivity index (χ1) is 13.3. The van der Waals surface area contributed by atoms with Crippen LogP contribution in [0.5, 0.6) is 5.75 Å². The molecule has 0 aromatic heterocycles. The second-order valence-electron chi connectivity index (χ2n) is 6.13. The highest BCUT2D eigenvalue weighted by Gasteiger charge is 2.20. The molecule has 0 aliphatic heterocycles. The van der Waals surface area contributed by atoms with E-state index in [0.717, 1.165) is 5.56 Å². The van der Waals surface area contributed by atoms with Crippen molar-refractivity contribution in [2.45, 2.75) is 12.8 Å². The lowest BCUT2D eigenvalue weighted by molar-refractivity contribution is -0.113. The van der Waals surface area contributed by atoms with Crippen LogP contribution in [0.25, 0.3) is 0 Å². The van der Waals surface area contributed by atoms with Gasteiger partial charge in [0.25, 0.3) is 0 Å². The largest absolute Gasteiger partial charge is 0.497 e. The van der Waals surface area contributed by atoms with Gasteiger partial charge in [0.05, 0.1) is 31.2 Å². The highest BCUT2D eigenvalue weighted by Crippen LogP contribution is 2.23. The minimum absolute atomic E-state index is 0.0803. The highest BCUT2D eigenvalue weighted by molar-refractivity contribution is 7.92. The number of sulfone groups is 1. The first kappa shape index (κ1) is 21.4. The molecule has 2 aromatic rings. The van der Waals surface area contributed by atoms with Crippen LogP contribution in [0.3, 0.4) is 0 Å². The summed E-state index contributed by atoms with van der Waals surface area (Å²) in [7, 11) is -0.921. The van der Waals surface area contributed by atoms with Crippen LogP contribution in [0.2, 0.25) is 0 Å². The number of nitrogens with one attached hydrogen (secondary N) is 1. The summed E-state index contributed by atoms with van der Waals surface area (Å²) in [6.07, 6.45) is 1.04. The lowest BCUT2D eigenvalue weighted by Crippen LogP contribution is -2.25. The molecule has 150 valence electrons. The molecule has 1 N–H and O–H groups in total. The third kappa shape index (κ3) is 6.38. The van der Waals surface area contributed by atoms with Crippen LogP contribution < -0.4 is 10.1 Å². The van der Waals surface area contributed by atoms with Gasteiger partial charge in [-0.3, -0.25) is 4.79 Å². The summed E-state index contributed by atoms with van der Waals surface area (Å²) in [6.45, 7) is 0. The van der Waals surface area contributed by atoms with E-state index < -0.39 is 27.5 Å². The quantitative estimate of drug-likeness (QED) is 0.644. The summed E-state index contributed by atoms with van der Waals surface area (Å²) in [5.74, 6) is -1.72. The topological polar surface area (TPSA) is 98.8 Å². The second-order valence-corrected chi connectivity index (χ2v) is 8.32. The molecule has 8 heteroatoms. The molecule has 2 rings (SSSR count). The van der Waals surface area contributed by atoms with Crippen molar-refractivity contribution in [2.75, 3.05) is 31.0 Å². The fourth-order valence-corrected chi connectivity index (χ4v) is 3.84. The molecule has 7 nitrogen and oxygen atoms in total. The van der Waals surface area contributed by atoms with Crippen LogP contribution in [0.15, 0.2) is 48.5 Å². The number of carbonyl (C=O) groups excluding carboxylic acids is 2. The van der Waals surface area contributed by atoms with Crippen molar-refractivity contribution in [3.8, 4) is 5.75 Å². The van der Waals surface area contributed by atoms with E-state index in [1.165, 1.54) is 26.4 Å². The maximum atomic E-state index is 12.2. The van der Waals surface area contributed by atoms with Crippen LogP contribution in [0.1, 0.15) is 22.3 Å². The lowest BCUT2D eigenvalue weighted by atomic mass is 10.1. The van der Waals surface area contributed by atoms with E-state index in [9.17, 15) is 18.0 Å². The van der Waals surface area contributed by atoms with Gasteiger partial charge in [0, 0.05) is 0 Å². The molecule has 0 aliphatic rings. The molecule has 0 aliphatic carbocycles. The van der Waals surface area contributed by atoms with Gasteiger partial charge in [-0.05, 0) is 36.6 Å². The number of ether oxygens (including phenoxy) is 2. The summed E-state index contributed by atoms with van der Waals surface area (Å²) < 4.78 is 34.2. The van der Waals surface area contributed by atoms with Crippen LogP contribution in [0, 0.1) is 0 Å². The molecular formula is C20H23NO6S. The number of amides is 1. The molecule has 0 unspecified atom stereocenters. The summed E-state index contributed by atoms with van der Waals surface area (Å²) in [5.41, 5.74) is 1.29. The number of carbonyl (C=O) groups is 2. The third-order valence-electron chi connectivity index (χ3n) is 4.02. The van der Waals surface area contributed by atoms with E-state index in [-0.39, 0.29) is 17.0 Å². The number of anilines is 1. The van der Waals surface area contributed by atoms with Gasteiger partial charge in [-0.25, -0.2) is 13.2 Å². The predicted molar refractivity (Wildman–Crippen MR) is 106 cm³/mol. The second kappa shape index (κ2) is 9.89. The van der Waals surface area contributed by atoms with Crippen molar-refractivity contribution >= 4 is 27.4 Å². The average Bonchev–Trinajstić information content (AvgIpc) is 2.67. The SMILES string of the molecule is COC(=O)c1cc(OC)ccc1NC(=O)CS(=O)(=O)CCCc1ccccc1. The molecule has 0 atom stereocenters. The van der Waals surface area contributed by atoms with Crippen molar-refractivity contribution in [3.63, 3.8) is 0 Å². The van der Waals surface area contributed by atoms with Crippen molar-refractivity contribution in [2.24, 2.45) is 0 Å². The molecule has 0 saturated carbocycles. The maximum absolute atomic E-state index is 12.2. The zero-order chi connectivity index (χ0) is 20.6. The number of aryl methyl sites for hydroxylation is 1. The molecule has 0 heterocycles. The zero-order valence-electron chi connectivity index (χ0n) is 15.8. The number of hydrogen-bond donors (Lipinski definition) is 1. The molecule has 1 amide bonds. The Hall–Kier alpha value is -2.87. The molecule has 0 saturated heterocycles. The van der Waals surface area contributed by atoms with Gasteiger partial charge in [0.2, 0.25) is 5.91 Å². The van der Waals surface area contributed by atoms with Crippen LogP contribution in [-0.4, -0.2) is 46.0 Å². The predicted octanol–water partition coefficient (Wildman–Crippen LogP) is 2.47. The Balaban J connectivity index is 1.97. The van der Waals surface area contributed by atoms with Crippen molar-refractivity contribution in [3.05, 3.63) is 59.7 Å². The monoisotopic (exact) mass is 405 g/mol. The molecule has 0 spiro atoms. The Kier molecular flexibility index (Phi) is 7.57. The summed E-state index contributed by atoms with van der Waals surface area (Å²) >= 11 is 0. The Morgan fingerprint density at radius 1 is 1.04 bits per heavy atom. The first-order valence-electron chi connectivity index (χ1n) is 8.65. The normalized spacial score (nSPS) is 10.9. The summed E-state index contributed by atoms with van der Waals surface area (Å²) in [4.78, 5) is 24.1. The van der Waals surface area contributed by atoms with Crippen LogP contribution in [0.4, 0.5) is 5.69 Å². The van der Waals surface area contributed by atoms with Gasteiger partial charge in [-0.2, -0.15) is 0 Å². The Morgan fingerprint density at radius 2 is 1.75 bits per heavy atom. The van der Waals surface area contributed by atoms with Gasteiger partial charge < -0.3 is 14.8 Å². The van der Waals surface area contributed by atoms with Crippen molar-refractivity contribution in [1.82, 2.24) is 0 Å². The Labute approximate surface area is 164 Å². The summed E-state index contributed by atoms with van der Waals surface area (Å²) in [6, 6.07) is 14.0. The van der Waals surface area contributed by atoms with E-state index in [0.29, 0.717) is 18.6 Å². The average molecular weight is 405 g/mol. The van der Waals surface area contributed by atoms with Crippen molar-refractivity contribution < 1.29 is 27.5 Å². The van der Waals surface area contributed by atoms with E-state index in [2.05, 4.69) is 5.32 Å². The van der Waals surface area contributed by atoms with E-state index in [1.807, 2.05) is 30.3 Å². The van der Waals surface area contributed by atoms with Gasteiger partial charge >= 0.3 is 5.97 Å². The molecule has 0 radical (unpaired) electrons. The number of hydrogen-bond acceptors (Lipinski definition) is 6. The van der Waals surface area contributed by atoms with Crippen molar-refractivity contribution in [1.29, 1.82) is 0 Å². The molecule has 0 fully saturated rings. The fourth-order valence-electron chi connectivity index (χ4n) is 2.64. The first-order valence-corrected chi connectivity index (χ1v) is 10.5. The number of rotatable bonds is 9. The van der Waals surface area contributed by atoms with E-state index in [1.54, 1.807) is 6.07 Å². The number of methoxy groups -OCH3 is 2. The fraction of sp³-hybridized carbons (Fsp3) is 0.300. The Bertz CT molecular complexity index is 925. The minimum atomic E-state index is -3.58. The zero-order valence-corrected chi connectivity index (χ0v) is 16.6. The number of benzene rings is 2. The van der Waals surface area contributed by atoms with Gasteiger partial charge in [-0.1, -0.05) is 30.3 Å². The van der Waals surface area contributed by atoms with Gasteiger partial charge in [-0.15, -0.1) is 0 Å². The molecular weight excluding hydrogens is 382 g/mol. The third-order valence-corrected chi connectivity index (χ3v) is 5.63. The molecule has 2 aromatic carbocycles. The van der Waals surface area contributed by atoms with E-state index in [4.69, 9.17) is 9.47 Å². The van der Waals surface area contributed by atoms with Gasteiger partial charge in [0.1, 0.15) is 11.5 Å². The minimum Gasteiger partial charge on any atom is -0.497 e. The maximum Gasteiger partial charge on any atom is 0.340 e. The lowest BCUT2D eigenvalue weighted by Gasteiger charge is -2.11. The van der Waals surface area contributed by atoms with E-state index >= 15 is 0 Å². The summed E-state index contributed by atoms with van der Waals surface area (Å²) in [5, 5.41) is 2.47. The van der Waals surface area contributed by atoms with Gasteiger partial charge in [0.15, 0.2) is 9.84 Å². The number of esters is 1. The molecule has 28 heavy (non-hydrogen) atoms. The smallest absolute Gasteiger partial charge is 0.340 e. The van der Waals surface area contributed by atoms with Crippen LogP contribution >= 0.6 is 0 Å². The highest BCUT2D eigenvalue weighted by atomic mass is 32.2. The molecule has 0 bridgehead atoms. The standard InChI is InChI=1S/C20H23NO6S/c1-26-16-10-11-18(17(13-16)20(23)27-2)21-19(22)14-28(24,25)12-6-9-15-7-4-3-5-8-15/h3-5,7-8,10-11,13H,6,9,12,14H2,1-2H3,(H,21,22).